The lowest BCUT2D eigenvalue weighted by molar-refractivity contribution is -0.136. The number of carboxylic acid groups (broad SMARTS) is 1. The largest absolute Gasteiger partial charge is 0.481 e. The molecule has 0 spiro atoms. The van der Waals surface area contributed by atoms with Crippen molar-refractivity contribution in [3.05, 3.63) is 59.7 Å². The summed E-state index contributed by atoms with van der Waals surface area (Å²) in [5.74, 6) is -0.766. The molecule has 30 heavy (non-hydrogen) atoms. The van der Waals surface area contributed by atoms with Crippen LogP contribution in [-0.4, -0.2) is 31.9 Å². The van der Waals surface area contributed by atoms with E-state index in [0.717, 1.165) is 0 Å². The number of hydrogen-bond acceptors (Lipinski definition) is 4. The summed E-state index contributed by atoms with van der Waals surface area (Å²) in [5.41, 5.74) is 2.29. The predicted molar refractivity (Wildman–Crippen MR) is 114 cm³/mol. The van der Waals surface area contributed by atoms with Gasteiger partial charge in [-0.05, 0) is 60.7 Å². The number of sulfonamides is 1. The van der Waals surface area contributed by atoms with Gasteiger partial charge in [-0.2, -0.15) is 0 Å². The molecule has 1 aliphatic carbocycles. The van der Waals surface area contributed by atoms with Gasteiger partial charge in [0.25, 0.3) is 5.91 Å². The highest BCUT2D eigenvalue weighted by Gasteiger charge is 2.17. The Hall–Kier alpha value is -2.71. The van der Waals surface area contributed by atoms with Crippen LogP contribution in [0, 0.1) is 0 Å². The molecule has 0 bridgehead atoms. The van der Waals surface area contributed by atoms with Gasteiger partial charge in [0.1, 0.15) is 0 Å². The number of hydrogen-bond donors (Lipinski definition) is 3. The van der Waals surface area contributed by atoms with Gasteiger partial charge in [-0.3, -0.25) is 9.59 Å². The Bertz CT molecular complexity index is 979. The third-order valence-electron chi connectivity index (χ3n) is 5.30. The van der Waals surface area contributed by atoms with Gasteiger partial charge in [0.15, 0.2) is 0 Å². The van der Waals surface area contributed by atoms with E-state index in [2.05, 4.69) is 10.0 Å². The van der Waals surface area contributed by atoms with Crippen LogP contribution < -0.4 is 10.0 Å². The van der Waals surface area contributed by atoms with Gasteiger partial charge >= 0.3 is 5.97 Å². The Balaban J connectivity index is 1.59. The fraction of sp³-hybridized carbons (Fsp3) is 0.364. The second kappa shape index (κ2) is 9.86. The third-order valence-corrected chi connectivity index (χ3v) is 6.78. The van der Waals surface area contributed by atoms with Crippen molar-refractivity contribution < 1.29 is 23.1 Å². The van der Waals surface area contributed by atoms with Crippen molar-refractivity contribution in [1.82, 2.24) is 4.72 Å². The molecular weight excluding hydrogens is 404 g/mol. The van der Waals surface area contributed by atoms with Crippen LogP contribution in [0.2, 0.25) is 0 Å². The third kappa shape index (κ3) is 5.90. The summed E-state index contributed by atoms with van der Waals surface area (Å²) >= 11 is 0. The molecule has 3 N–H and O–H groups in total. The fourth-order valence-corrected chi connectivity index (χ4v) is 4.67. The highest BCUT2D eigenvalue weighted by Crippen LogP contribution is 2.32. The van der Waals surface area contributed by atoms with Crippen LogP contribution in [0.5, 0.6) is 0 Å². The lowest BCUT2D eigenvalue weighted by Gasteiger charge is -2.22. The number of anilines is 1. The maximum Gasteiger partial charge on any atom is 0.304 e. The smallest absolute Gasteiger partial charge is 0.304 e. The lowest BCUT2D eigenvalue weighted by atomic mass is 9.84. The minimum Gasteiger partial charge on any atom is -0.481 e. The lowest BCUT2D eigenvalue weighted by Crippen LogP contribution is -2.26. The van der Waals surface area contributed by atoms with Gasteiger partial charge in [0.05, 0.1) is 11.3 Å². The minimum atomic E-state index is -3.79. The van der Waals surface area contributed by atoms with Crippen LogP contribution >= 0.6 is 0 Å². The Morgan fingerprint density at radius 3 is 2.17 bits per heavy atom. The first-order valence-corrected chi connectivity index (χ1v) is 11.6. The van der Waals surface area contributed by atoms with Crippen molar-refractivity contribution in [3.63, 3.8) is 0 Å². The Labute approximate surface area is 176 Å². The van der Waals surface area contributed by atoms with E-state index < -0.39 is 16.0 Å². The summed E-state index contributed by atoms with van der Waals surface area (Å²) in [6.45, 7) is -0.187. The molecule has 1 saturated carbocycles. The van der Waals surface area contributed by atoms with Crippen molar-refractivity contribution in [2.75, 3.05) is 11.9 Å². The molecule has 8 heteroatoms. The van der Waals surface area contributed by atoms with Crippen LogP contribution in [0.3, 0.4) is 0 Å². The maximum atomic E-state index is 12.5. The zero-order valence-electron chi connectivity index (χ0n) is 16.6. The second-order valence-electron chi connectivity index (χ2n) is 7.48. The van der Waals surface area contributed by atoms with Gasteiger partial charge in [0.2, 0.25) is 10.0 Å². The molecule has 0 aromatic heterocycles. The molecule has 0 saturated heterocycles. The molecular formula is C22H26N2O5S. The van der Waals surface area contributed by atoms with Gasteiger partial charge in [-0.25, -0.2) is 13.1 Å². The topological polar surface area (TPSA) is 113 Å². The molecule has 2 aromatic rings. The van der Waals surface area contributed by atoms with Crippen LogP contribution in [0.25, 0.3) is 0 Å². The number of carbonyl (C=O) groups excluding carboxylic acids is 1. The van der Waals surface area contributed by atoms with Crippen LogP contribution in [0.1, 0.15) is 60.4 Å². The molecule has 1 amide bonds. The molecule has 0 heterocycles. The van der Waals surface area contributed by atoms with Gasteiger partial charge in [0, 0.05) is 17.8 Å². The van der Waals surface area contributed by atoms with E-state index in [0.29, 0.717) is 17.2 Å². The van der Waals surface area contributed by atoms with Crippen molar-refractivity contribution in [2.45, 2.75) is 49.3 Å². The minimum absolute atomic E-state index is 0.00252. The molecule has 0 aliphatic heterocycles. The maximum absolute atomic E-state index is 12.5. The van der Waals surface area contributed by atoms with E-state index in [1.165, 1.54) is 61.9 Å². The molecule has 0 radical (unpaired) electrons. The van der Waals surface area contributed by atoms with E-state index in [1.54, 1.807) is 0 Å². The number of amides is 1. The van der Waals surface area contributed by atoms with Crippen LogP contribution in [0.15, 0.2) is 53.4 Å². The average Bonchev–Trinajstić information content (AvgIpc) is 2.74. The molecule has 0 unspecified atom stereocenters. The highest BCUT2D eigenvalue weighted by molar-refractivity contribution is 7.89. The average molecular weight is 431 g/mol. The SMILES string of the molecule is O=C(O)CCNS(=O)(=O)c1ccc(NC(=O)c2ccc(C3CCCCC3)cc2)cc1. The highest BCUT2D eigenvalue weighted by atomic mass is 32.2. The summed E-state index contributed by atoms with van der Waals surface area (Å²) in [6, 6.07) is 13.4. The van der Waals surface area contributed by atoms with Crippen molar-refractivity contribution in [2.24, 2.45) is 0 Å². The molecule has 160 valence electrons. The first-order valence-electron chi connectivity index (χ1n) is 10.1. The number of rotatable bonds is 8. The Kier molecular flexibility index (Phi) is 7.23. The van der Waals surface area contributed by atoms with E-state index in [-0.39, 0.29) is 23.8 Å². The first-order chi connectivity index (χ1) is 14.3. The first kappa shape index (κ1) is 22.0. The number of aliphatic carboxylic acids is 1. The van der Waals surface area contributed by atoms with Gasteiger partial charge in [-0.1, -0.05) is 31.4 Å². The summed E-state index contributed by atoms with van der Waals surface area (Å²) in [7, 11) is -3.79. The normalized spacial score (nSPS) is 14.9. The van der Waals surface area contributed by atoms with E-state index in [9.17, 15) is 18.0 Å². The number of nitrogens with one attached hydrogen (secondary N) is 2. The fourth-order valence-electron chi connectivity index (χ4n) is 3.64. The predicted octanol–water partition coefficient (Wildman–Crippen LogP) is 3.74. The molecule has 2 aromatic carbocycles. The molecule has 3 rings (SSSR count). The number of benzene rings is 2. The van der Waals surface area contributed by atoms with E-state index in [1.807, 2.05) is 24.3 Å². The van der Waals surface area contributed by atoms with Gasteiger partial charge in [-0.15, -0.1) is 0 Å². The Morgan fingerprint density at radius 2 is 1.57 bits per heavy atom. The van der Waals surface area contributed by atoms with Crippen LogP contribution in [-0.2, 0) is 14.8 Å². The molecule has 1 fully saturated rings. The Morgan fingerprint density at radius 1 is 0.933 bits per heavy atom. The summed E-state index contributed by atoms with van der Waals surface area (Å²) in [5, 5.41) is 11.4. The number of carbonyl (C=O) groups is 2. The molecule has 7 nitrogen and oxygen atoms in total. The van der Waals surface area contributed by atoms with Crippen molar-refractivity contribution in [1.29, 1.82) is 0 Å². The standard InChI is InChI=1S/C22H26N2O5S/c25-21(26)14-15-23-30(28,29)20-12-10-19(11-13-20)24-22(27)18-8-6-17(7-9-18)16-4-2-1-3-5-16/h6-13,16,23H,1-5,14-15H2,(H,24,27)(H,25,26). The number of carboxylic acids is 1. The van der Waals surface area contributed by atoms with E-state index in [4.69, 9.17) is 5.11 Å². The summed E-state index contributed by atoms with van der Waals surface area (Å²) in [6.07, 6.45) is 5.92. The van der Waals surface area contributed by atoms with Crippen molar-refractivity contribution in [3.8, 4) is 0 Å². The van der Waals surface area contributed by atoms with E-state index >= 15 is 0 Å². The van der Waals surface area contributed by atoms with Gasteiger partial charge < -0.3 is 10.4 Å². The zero-order valence-corrected chi connectivity index (χ0v) is 17.5. The van der Waals surface area contributed by atoms with Crippen LogP contribution in [0.4, 0.5) is 5.69 Å². The summed E-state index contributed by atoms with van der Waals surface area (Å²) < 4.78 is 26.5. The second-order valence-corrected chi connectivity index (χ2v) is 9.24. The quantitative estimate of drug-likeness (QED) is 0.591. The zero-order chi connectivity index (χ0) is 21.6. The van der Waals surface area contributed by atoms with Crippen molar-refractivity contribution >= 4 is 27.6 Å². The monoisotopic (exact) mass is 430 g/mol. The molecule has 1 aliphatic rings. The molecule has 0 atom stereocenters. The summed E-state index contributed by atoms with van der Waals surface area (Å²) in [4.78, 5) is 23.0.